The van der Waals surface area contributed by atoms with E-state index in [4.69, 9.17) is 14.2 Å². The van der Waals surface area contributed by atoms with Gasteiger partial charge in [-0.05, 0) is 31.2 Å². The molecule has 0 saturated carbocycles. The summed E-state index contributed by atoms with van der Waals surface area (Å²) >= 11 is 0. The number of para-hydroxylation sites is 2. The van der Waals surface area contributed by atoms with Crippen LogP contribution in [0.15, 0.2) is 42.5 Å². The molecule has 0 fully saturated rings. The lowest BCUT2D eigenvalue weighted by Gasteiger charge is -2.11. The van der Waals surface area contributed by atoms with Crippen molar-refractivity contribution in [3.8, 4) is 11.5 Å². The van der Waals surface area contributed by atoms with E-state index in [1.54, 1.807) is 24.3 Å². The quantitative estimate of drug-likeness (QED) is 0.728. The van der Waals surface area contributed by atoms with E-state index in [-0.39, 0.29) is 5.69 Å². The zero-order valence-electron chi connectivity index (χ0n) is 14.0. The molecule has 1 amide bonds. The molecule has 0 unspecified atom stereocenters. The predicted molar refractivity (Wildman–Crippen MR) is 89.1 cm³/mol. The minimum atomic E-state index is -0.835. The van der Waals surface area contributed by atoms with Crippen molar-refractivity contribution in [1.29, 1.82) is 0 Å². The van der Waals surface area contributed by atoms with Crippen LogP contribution < -0.4 is 14.8 Å². The fraction of sp³-hybridized carbons (Fsp3) is 0.222. The summed E-state index contributed by atoms with van der Waals surface area (Å²) in [7, 11) is 0. The highest BCUT2D eigenvalue weighted by atomic mass is 19.1. The number of nitrogens with one attached hydrogen (secondary N) is 1. The Morgan fingerprint density at radius 3 is 2.19 bits per heavy atom. The molecule has 0 aliphatic rings. The molecule has 6 nitrogen and oxygen atoms in total. The van der Waals surface area contributed by atoms with Gasteiger partial charge >= 0.3 is 5.97 Å². The summed E-state index contributed by atoms with van der Waals surface area (Å²) in [5, 5.41) is 2.22. The molecule has 0 radical (unpaired) electrons. The largest absolute Gasteiger partial charge is 0.490 e. The molecule has 0 heterocycles. The van der Waals surface area contributed by atoms with E-state index in [0.717, 1.165) is 12.1 Å². The number of esters is 1. The van der Waals surface area contributed by atoms with Crippen molar-refractivity contribution in [2.75, 3.05) is 25.1 Å². The lowest BCUT2D eigenvalue weighted by molar-refractivity contribution is -0.149. The number of hydrogen-bond acceptors (Lipinski definition) is 5. The molecule has 0 bridgehead atoms. The van der Waals surface area contributed by atoms with Crippen molar-refractivity contribution < 1.29 is 32.6 Å². The van der Waals surface area contributed by atoms with Crippen LogP contribution in [0, 0.1) is 11.6 Å². The van der Waals surface area contributed by atoms with Gasteiger partial charge in [0.1, 0.15) is 11.6 Å². The maximum Gasteiger partial charge on any atom is 0.344 e. The van der Waals surface area contributed by atoms with E-state index in [2.05, 4.69) is 5.32 Å². The van der Waals surface area contributed by atoms with E-state index in [9.17, 15) is 18.4 Å². The standard InChI is InChI=1S/C18H17F2NO5/c1-2-24-15-5-3-4-6-16(15)25-11-18(23)26-10-17(22)21-14-8-12(19)7-13(20)9-14/h3-9H,2,10-11H2,1H3,(H,21,22). The Labute approximate surface area is 148 Å². The first-order valence-electron chi connectivity index (χ1n) is 7.74. The topological polar surface area (TPSA) is 73.9 Å². The van der Waals surface area contributed by atoms with Gasteiger partial charge in [-0.1, -0.05) is 12.1 Å². The van der Waals surface area contributed by atoms with Crippen LogP contribution >= 0.6 is 0 Å². The number of benzene rings is 2. The Hall–Kier alpha value is -3.16. The van der Waals surface area contributed by atoms with Crippen LogP contribution in [0.2, 0.25) is 0 Å². The third kappa shape index (κ3) is 6.04. The summed E-state index contributed by atoms with van der Waals surface area (Å²) in [6.07, 6.45) is 0. The number of ether oxygens (including phenoxy) is 3. The second-order valence-corrected chi connectivity index (χ2v) is 5.04. The zero-order chi connectivity index (χ0) is 18.9. The molecule has 2 rings (SSSR count). The van der Waals surface area contributed by atoms with Crippen molar-refractivity contribution in [3.63, 3.8) is 0 Å². The zero-order valence-corrected chi connectivity index (χ0v) is 14.0. The van der Waals surface area contributed by atoms with Gasteiger partial charge in [-0.3, -0.25) is 4.79 Å². The second kappa shape index (κ2) is 9.36. The lowest BCUT2D eigenvalue weighted by Crippen LogP contribution is -2.23. The number of rotatable bonds is 8. The van der Waals surface area contributed by atoms with Crippen molar-refractivity contribution >= 4 is 17.6 Å². The molecule has 26 heavy (non-hydrogen) atoms. The lowest BCUT2D eigenvalue weighted by atomic mass is 10.3. The summed E-state index contributed by atoms with van der Waals surface area (Å²) in [5.74, 6) is -2.34. The molecule has 138 valence electrons. The Kier molecular flexibility index (Phi) is 6.90. The molecule has 2 aromatic carbocycles. The second-order valence-electron chi connectivity index (χ2n) is 5.04. The maximum absolute atomic E-state index is 13.0. The van der Waals surface area contributed by atoms with E-state index < -0.39 is 36.7 Å². The molecule has 0 aromatic heterocycles. The first-order valence-corrected chi connectivity index (χ1v) is 7.74. The highest BCUT2D eigenvalue weighted by Crippen LogP contribution is 2.26. The molecular formula is C18H17F2NO5. The molecule has 8 heteroatoms. The third-order valence-corrected chi connectivity index (χ3v) is 3.01. The average Bonchev–Trinajstić information content (AvgIpc) is 2.58. The molecule has 1 N–H and O–H groups in total. The van der Waals surface area contributed by atoms with Crippen molar-refractivity contribution in [2.24, 2.45) is 0 Å². The molecule has 0 aliphatic heterocycles. The van der Waals surface area contributed by atoms with Gasteiger partial charge in [0.15, 0.2) is 24.7 Å². The molecular weight excluding hydrogens is 348 g/mol. The van der Waals surface area contributed by atoms with Crippen LogP contribution in [-0.2, 0) is 14.3 Å². The van der Waals surface area contributed by atoms with E-state index in [1.165, 1.54) is 0 Å². The number of anilines is 1. The Morgan fingerprint density at radius 2 is 1.58 bits per heavy atom. The number of amides is 1. The van der Waals surface area contributed by atoms with Crippen LogP contribution in [0.3, 0.4) is 0 Å². The SMILES string of the molecule is CCOc1ccccc1OCC(=O)OCC(=O)Nc1cc(F)cc(F)c1. The monoisotopic (exact) mass is 365 g/mol. The van der Waals surface area contributed by atoms with Gasteiger partial charge in [-0.2, -0.15) is 0 Å². The number of halogens is 2. The normalized spacial score (nSPS) is 10.1. The maximum atomic E-state index is 13.0. The molecule has 0 aliphatic carbocycles. The van der Waals surface area contributed by atoms with Gasteiger partial charge in [-0.25, -0.2) is 13.6 Å². The first kappa shape index (κ1) is 19.2. The van der Waals surface area contributed by atoms with E-state index in [0.29, 0.717) is 24.2 Å². The van der Waals surface area contributed by atoms with Gasteiger partial charge in [0.2, 0.25) is 0 Å². The highest BCUT2D eigenvalue weighted by Gasteiger charge is 2.11. The van der Waals surface area contributed by atoms with E-state index >= 15 is 0 Å². The van der Waals surface area contributed by atoms with Gasteiger partial charge in [-0.15, -0.1) is 0 Å². The summed E-state index contributed by atoms with van der Waals surface area (Å²) < 4.78 is 41.5. The summed E-state index contributed by atoms with van der Waals surface area (Å²) in [5.41, 5.74) is -0.0783. The predicted octanol–water partition coefficient (Wildman–Crippen LogP) is 2.92. The molecule has 0 saturated heterocycles. The van der Waals surface area contributed by atoms with Crippen LogP contribution in [-0.4, -0.2) is 31.7 Å². The average molecular weight is 365 g/mol. The minimum absolute atomic E-state index is 0.0783. The van der Waals surface area contributed by atoms with Gasteiger partial charge in [0.25, 0.3) is 5.91 Å². The molecule has 0 spiro atoms. The summed E-state index contributed by atoms with van der Waals surface area (Å²) in [6, 6.07) is 9.35. The van der Waals surface area contributed by atoms with Gasteiger partial charge < -0.3 is 19.5 Å². The minimum Gasteiger partial charge on any atom is -0.490 e. The Balaban J connectivity index is 1.79. The van der Waals surface area contributed by atoms with Crippen LogP contribution in [0.4, 0.5) is 14.5 Å². The number of hydrogen-bond donors (Lipinski definition) is 1. The Bertz CT molecular complexity index is 762. The fourth-order valence-electron chi connectivity index (χ4n) is 1.99. The number of carbonyl (C=O) groups is 2. The van der Waals surface area contributed by atoms with E-state index in [1.807, 2.05) is 6.92 Å². The van der Waals surface area contributed by atoms with Gasteiger partial charge in [0.05, 0.1) is 6.61 Å². The van der Waals surface area contributed by atoms with Crippen molar-refractivity contribution in [1.82, 2.24) is 0 Å². The smallest absolute Gasteiger partial charge is 0.344 e. The highest BCUT2D eigenvalue weighted by molar-refractivity contribution is 5.92. The molecule has 0 atom stereocenters. The van der Waals surface area contributed by atoms with Crippen LogP contribution in [0.1, 0.15) is 6.92 Å². The fourth-order valence-corrected chi connectivity index (χ4v) is 1.99. The summed E-state index contributed by atoms with van der Waals surface area (Å²) in [6.45, 7) is 1.21. The van der Waals surface area contributed by atoms with Crippen molar-refractivity contribution in [2.45, 2.75) is 6.92 Å². The molecule has 2 aromatic rings. The van der Waals surface area contributed by atoms with Gasteiger partial charge in [0, 0.05) is 11.8 Å². The number of carbonyl (C=O) groups excluding carboxylic acids is 2. The first-order chi connectivity index (χ1) is 12.5. The van der Waals surface area contributed by atoms with Crippen molar-refractivity contribution in [3.05, 3.63) is 54.1 Å². The van der Waals surface area contributed by atoms with Crippen LogP contribution in [0.25, 0.3) is 0 Å². The summed E-state index contributed by atoms with van der Waals surface area (Å²) in [4.78, 5) is 23.3. The Morgan fingerprint density at radius 1 is 0.962 bits per heavy atom. The third-order valence-electron chi connectivity index (χ3n) is 3.01. The van der Waals surface area contributed by atoms with Crippen LogP contribution in [0.5, 0.6) is 11.5 Å².